The number of rotatable bonds is 4. The Morgan fingerprint density at radius 2 is 1.86 bits per heavy atom. The Morgan fingerprint density at radius 3 is 2.39 bits per heavy atom. The van der Waals surface area contributed by atoms with Gasteiger partial charge in [0.25, 0.3) is 11.5 Å². The van der Waals surface area contributed by atoms with Gasteiger partial charge in [-0.1, -0.05) is 0 Å². The summed E-state index contributed by atoms with van der Waals surface area (Å²) in [6.45, 7) is 1.88. The van der Waals surface area contributed by atoms with Crippen LogP contribution in [0.25, 0.3) is 0 Å². The van der Waals surface area contributed by atoms with Gasteiger partial charge in [0.15, 0.2) is 0 Å². The van der Waals surface area contributed by atoms with Crippen LogP contribution in [0.15, 0.2) is 23.4 Å². The maximum Gasteiger partial charge on any atom is 0.263 e. The van der Waals surface area contributed by atoms with Crippen molar-refractivity contribution >= 4 is 5.91 Å². The van der Waals surface area contributed by atoms with E-state index in [4.69, 9.17) is 0 Å². The van der Waals surface area contributed by atoms with E-state index in [0.717, 1.165) is 48.4 Å². The summed E-state index contributed by atoms with van der Waals surface area (Å²) >= 11 is 0. The lowest BCUT2D eigenvalue weighted by Gasteiger charge is -2.56. The summed E-state index contributed by atoms with van der Waals surface area (Å²) in [6, 6.07) is -0.233. The van der Waals surface area contributed by atoms with Crippen LogP contribution in [0.3, 0.4) is 0 Å². The van der Waals surface area contributed by atoms with Gasteiger partial charge in [0.1, 0.15) is 11.4 Å². The Balaban J connectivity index is 1.37. The zero-order valence-electron chi connectivity index (χ0n) is 16.4. The summed E-state index contributed by atoms with van der Waals surface area (Å²) in [4.78, 5) is 32.9. The van der Waals surface area contributed by atoms with Crippen molar-refractivity contribution in [1.82, 2.24) is 25.1 Å². The van der Waals surface area contributed by atoms with Gasteiger partial charge in [-0.25, -0.2) is 4.98 Å². The first kappa shape index (κ1) is 17.6. The first-order valence-electron chi connectivity index (χ1n) is 10.3. The second-order valence-corrected chi connectivity index (χ2v) is 9.31. The SMILES string of the molecule is CC(NC(=O)c1cnc(C23CC4CC(CC(C4)C2)C3)[nH]c1=O)c1cnn(C)c1. The number of aromatic amines is 1. The summed E-state index contributed by atoms with van der Waals surface area (Å²) in [6.07, 6.45) is 12.5. The Kier molecular flexibility index (Phi) is 3.96. The third kappa shape index (κ3) is 2.88. The van der Waals surface area contributed by atoms with Crippen LogP contribution in [0.5, 0.6) is 0 Å². The highest BCUT2D eigenvalue weighted by Gasteiger charge is 2.52. The van der Waals surface area contributed by atoms with Crippen molar-refractivity contribution in [2.24, 2.45) is 24.8 Å². The maximum absolute atomic E-state index is 12.7. The smallest absolute Gasteiger partial charge is 0.263 e. The van der Waals surface area contributed by atoms with E-state index in [1.165, 1.54) is 25.5 Å². The molecule has 0 saturated heterocycles. The fourth-order valence-electron chi connectivity index (χ4n) is 6.25. The Bertz CT molecular complexity index is 940. The number of hydrogen-bond acceptors (Lipinski definition) is 4. The summed E-state index contributed by atoms with van der Waals surface area (Å²) in [7, 11) is 1.83. The molecular formula is C21H27N5O2. The van der Waals surface area contributed by atoms with E-state index in [-0.39, 0.29) is 22.6 Å². The molecule has 1 amide bonds. The quantitative estimate of drug-likeness (QED) is 0.851. The molecule has 1 atom stereocenters. The number of aryl methyl sites for hydroxylation is 1. The van der Waals surface area contributed by atoms with Crippen molar-refractivity contribution in [2.75, 3.05) is 0 Å². The average Bonchev–Trinajstić information content (AvgIpc) is 3.07. The van der Waals surface area contributed by atoms with Gasteiger partial charge in [-0.05, 0) is 63.2 Å². The molecule has 0 spiro atoms. The molecule has 4 fully saturated rings. The van der Waals surface area contributed by atoms with Gasteiger partial charge in [-0.15, -0.1) is 0 Å². The second-order valence-electron chi connectivity index (χ2n) is 9.31. The third-order valence-electron chi connectivity index (χ3n) is 7.16. The zero-order chi connectivity index (χ0) is 19.5. The van der Waals surface area contributed by atoms with Crippen molar-refractivity contribution < 1.29 is 4.79 Å². The molecule has 4 aliphatic carbocycles. The number of amides is 1. The monoisotopic (exact) mass is 381 g/mol. The van der Waals surface area contributed by atoms with Crippen molar-refractivity contribution in [3.05, 3.63) is 45.9 Å². The number of nitrogens with one attached hydrogen (secondary N) is 2. The lowest BCUT2D eigenvalue weighted by Crippen LogP contribution is -2.50. The molecule has 0 radical (unpaired) electrons. The van der Waals surface area contributed by atoms with Crippen molar-refractivity contribution in [3.63, 3.8) is 0 Å². The molecule has 4 saturated carbocycles. The molecule has 148 valence electrons. The molecule has 2 heterocycles. The molecule has 2 aromatic heterocycles. The largest absolute Gasteiger partial charge is 0.345 e. The lowest BCUT2D eigenvalue weighted by atomic mass is 9.49. The van der Waals surface area contributed by atoms with Gasteiger partial charge in [-0.2, -0.15) is 5.10 Å². The molecule has 4 aliphatic rings. The molecule has 1 unspecified atom stereocenters. The second kappa shape index (κ2) is 6.29. The fraction of sp³-hybridized carbons (Fsp3) is 0.619. The van der Waals surface area contributed by atoms with Crippen LogP contribution >= 0.6 is 0 Å². The minimum absolute atomic E-state index is 0.0198. The highest BCUT2D eigenvalue weighted by Crippen LogP contribution is 2.59. The van der Waals surface area contributed by atoms with Crippen LogP contribution in [-0.4, -0.2) is 25.7 Å². The molecule has 6 rings (SSSR count). The zero-order valence-corrected chi connectivity index (χ0v) is 16.4. The third-order valence-corrected chi connectivity index (χ3v) is 7.16. The molecule has 0 aliphatic heterocycles. The first-order chi connectivity index (χ1) is 13.4. The van der Waals surface area contributed by atoms with Crippen LogP contribution in [0.4, 0.5) is 0 Å². The Hall–Kier alpha value is -2.44. The summed E-state index contributed by atoms with van der Waals surface area (Å²) in [5.41, 5.74) is 0.651. The van der Waals surface area contributed by atoms with E-state index in [2.05, 4.69) is 20.4 Å². The number of hydrogen-bond donors (Lipinski definition) is 2. The van der Waals surface area contributed by atoms with Crippen molar-refractivity contribution in [3.8, 4) is 0 Å². The highest BCUT2D eigenvalue weighted by atomic mass is 16.2. The van der Waals surface area contributed by atoms with Crippen LogP contribution in [0.2, 0.25) is 0 Å². The number of H-pyrrole nitrogens is 1. The number of carbonyl (C=O) groups excluding carboxylic acids is 1. The van der Waals surface area contributed by atoms with Crippen LogP contribution in [-0.2, 0) is 12.5 Å². The molecule has 7 nitrogen and oxygen atoms in total. The van der Waals surface area contributed by atoms with Gasteiger partial charge < -0.3 is 10.3 Å². The standard InChI is InChI=1S/C21H27N5O2/c1-12(16-9-23-26(2)11-16)24-18(27)17-10-22-20(25-19(17)28)21-6-13-3-14(7-21)5-15(4-13)8-21/h9-15H,3-8H2,1-2H3,(H,24,27)(H,22,25,28). The molecular weight excluding hydrogens is 354 g/mol. The minimum atomic E-state index is -0.401. The van der Waals surface area contributed by atoms with Crippen LogP contribution < -0.4 is 10.9 Å². The number of carbonyl (C=O) groups is 1. The Labute approximate surface area is 163 Å². The number of aromatic nitrogens is 4. The normalized spacial score (nSPS) is 31.7. The van der Waals surface area contributed by atoms with E-state index in [1.807, 2.05) is 20.2 Å². The fourth-order valence-corrected chi connectivity index (χ4v) is 6.25. The van der Waals surface area contributed by atoms with Gasteiger partial charge in [0.05, 0.1) is 12.2 Å². The van der Waals surface area contributed by atoms with E-state index in [9.17, 15) is 9.59 Å². The summed E-state index contributed by atoms with van der Waals surface area (Å²) in [5, 5.41) is 6.99. The van der Waals surface area contributed by atoms with Crippen molar-refractivity contribution in [1.29, 1.82) is 0 Å². The van der Waals surface area contributed by atoms with Gasteiger partial charge >= 0.3 is 0 Å². The molecule has 0 aromatic carbocycles. The summed E-state index contributed by atoms with van der Waals surface area (Å²) in [5.74, 6) is 2.73. The van der Waals surface area contributed by atoms with E-state index in [0.29, 0.717) is 0 Å². The van der Waals surface area contributed by atoms with Crippen LogP contribution in [0, 0.1) is 17.8 Å². The predicted octanol–water partition coefficient (Wildman–Crippen LogP) is 2.46. The lowest BCUT2D eigenvalue weighted by molar-refractivity contribution is -0.00954. The molecule has 7 heteroatoms. The maximum atomic E-state index is 12.7. The highest BCUT2D eigenvalue weighted by molar-refractivity contribution is 5.93. The molecule has 2 N–H and O–H groups in total. The first-order valence-corrected chi connectivity index (χ1v) is 10.3. The topological polar surface area (TPSA) is 92.7 Å². The molecule has 28 heavy (non-hydrogen) atoms. The summed E-state index contributed by atoms with van der Waals surface area (Å²) < 4.78 is 1.69. The molecule has 2 aromatic rings. The molecule has 4 bridgehead atoms. The van der Waals surface area contributed by atoms with E-state index >= 15 is 0 Å². The minimum Gasteiger partial charge on any atom is -0.345 e. The Morgan fingerprint density at radius 1 is 1.21 bits per heavy atom. The number of nitrogens with zero attached hydrogens (tertiary/aromatic N) is 3. The van der Waals surface area contributed by atoms with Crippen molar-refractivity contribution in [2.45, 2.75) is 56.9 Å². The average molecular weight is 381 g/mol. The van der Waals surface area contributed by atoms with E-state index < -0.39 is 5.91 Å². The van der Waals surface area contributed by atoms with Crippen LogP contribution in [0.1, 0.15) is 73.2 Å². The van der Waals surface area contributed by atoms with E-state index in [1.54, 1.807) is 10.9 Å². The van der Waals surface area contributed by atoms with Gasteiger partial charge in [0, 0.05) is 30.4 Å². The predicted molar refractivity (Wildman–Crippen MR) is 104 cm³/mol. The van der Waals surface area contributed by atoms with Gasteiger partial charge in [0.2, 0.25) is 0 Å². The van der Waals surface area contributed by atoms with Gasteiger partial charge in [-0.3, -0.25) is 14.3 Å².